The average molecular weight is 479 g/mol. The van der Waals surface area contributed by atoms with Crippen molar-refractivity contribution >= 4 is 21.6 Å². The van der Waals surface area contributed by atoms with Crippen molar-refractivity contribution in [3.63, 3.8) is 0 Å². The van der Waals surface area contributed by atoms with Gasteiger partial charge < -0.3 is 10.1 Å². The van der Waals surface area contributed by atoms with E-state index in [1.165, 1.54) is 30.4 Å². The summed E-state index contributed by atoms with van der Waals surface area (Å²) in [6.45, 7) is 3.41. The lowest BCUT2D eigenvalue weighted by Crippen LogP contribution is -2.41. The molecule has 178 valence electrons. The van der Waals surface area contributed by atoms with Crippen LogP contribution in [0.15, 0.2) is 71.6 Å². The number of ether oxygens (including phenoxy) is 1. The second-order valence-corrected chi connectivity index (χ2v) is 10.5. The number of fused-ring (bicyclic) bond motifs is 1. The number of sulfonamides is 1. The van der Waals surface area contributed by atoms with Gasteiger partial charge in [-0.15, -0.1) is 0 Å². The molecule has 0 aliphatic heterocycles. The Balaban J connectivity index is 1.63. The maximum absolute atomic E-state index is 13.6. The van der Waals surface area contributed by atoms with Crippen LogP contribution in [0.25, 0.3) is 0 Å². The molecule has 0 bridgehead atoms. The average Bonchev–Trinajstić information content (AvgIpc) is 3.31. The highest BCUT2D eigenvalue weighted by Gasteiger charge is 2.30. The Labute approximate surface area is 201 Å². The summed E-state index contributed by atoms with van der Waals surface area (Å²) in [4.78, 5) is 13.3. The third-order valence-electron chi connectivity index (χ3n) is 6.22. The molecular formula is C27H30N2O4S. The molecule has 0 heterocycles. The Morgan fingerprint density at radius 1 is 1.03 bits per heavy atom. The van der Waals surface area contributed by atoms with Gasteiger partial charge in [-0.2, -0.15) is 0 Å². The summed E-state index contributed by atoms with van der Waals surface area (Å²) in [6.07, 6.45) is 3.31. The number of anilines is 1. The largest absolute Gasteiger partial charge is 0.495 e. The lowest BCUT2D eigenvalue weighted by Gasteiger charge is -2.27. The van der Waals surface area contributed by atoms with E-state index < -0.39 is 15.9 Å². The van der Waals surface area contributed by atoms with E-state index in [1.807, 2.05) is 26.0 Å². The van der Waals surface area contributed by atoms with Crippen molar-refractivity contribution in [1.82, 2.24) is 5.32 Å². The molecule has 3 aromatic rings. The maximum Gasteiger partial charge on any atom is 0.264 e. The van der Waals surface area contributed by atoms with Crippen molar-refractivity contribution in [3.05, 3.63) is 89.0 Å². The van der Waals surface area contributed by atoms with Gasteiger partial charge in [0.25, 0.3) is 10.0 Å². The van der Waals surface area contributed by atoms with Gasteiger partial charge in [-0.25, -0.2) is 8.42 Å². The van der Waals surface area contributed by atoms with Crippen LogP contribution in [0.2, 0.25) is 0 Å². The number of hydrogen-bond acceptors (Lipinski definition) is 4. The van der Waals surface area contributed by atoms with Crippen LogP contribution in [0.1, 0.15) is 41.6 Å². The first-order chi connectivity index (χ1) is 16.3. The molecular weight excluding hydrogens is 448 g/mol. The predicted molar refractivity (Wildman–Crippen MR) is 134 cm³/mol. The lowest BCUT2D eigenvalue weighted by molar-refractivity contribution is -0.120. The summed E-state index contributed by atoms with van der Waals surface area (Å²) in [6, 6.07) is 19.5. The maximum atomic E-state index is 13.6. The normalized spacial score (nSPS) is 13.7. The van der Waals surface area contributed by atoms with Crippen LogP contribution < -0.4 is 14.4 Å². The van der Waals surface area contributed by atoms with Crippen LogP contribution in [0, 0.1) is 6.92 Å². The van der Waals surface area contributed by atoms with Crippen LogP contribution in [0.3, 0.4) is 0 Å². The molecule has 1 N–H and O–H groups in total. The fraction of sp³-hybridized carbons (Fsp3) is 0.296. The van der Waals surface area contributed by atoms with E-state index in [-0.39, 0.29) is 17.5 Å². The fourth-order valence-electron chi connectivity index (χ4n) is 4.38. The number of rotatable bonds is 8. The minimum Gasteiger partial charge on any atom is -0.495 e. The highest BCUT2D eigenvalue weighted by Crippen LogP contribution is 2.33. The van der Waals surface area contributed by atoms with Crippen LogP contribution >= 0.6 is 0 Å². The van der Waals surface area contributed by atoms with Gasteiger partial charge in [0.1, 0.15) is 12.3 Å². The Morgan fingerprint density at radius 3 is 2.50 bits per heavy atom. The van der Waals surface area contributed by atoms with Crippen molar-refractivity contribution in [2.75, 3.05) is 18.0 Å². The van der Waals surface area contributed by atoms with Gasteiger partial charge in [-0.3, -0.25) is 9.10 Å². The van der Waals surface area contributed by atoms with Crippen molar-refractivity contribution in [3.8, 4) is 5.75 Å². The molecule has 7 heteroatoms. The smallest absolute Gasteiger partial charge is 0.264 e. The molecule has 1 aliphatic rings. The second kappa shape index (κ2) is 9.89. The molecule has 0 radical (unpaired) electrons. The molecule has 6 nitrogen and oxygen atoms in total. The van der Waals surface area contributed by atoms with E-state index in [2.05, 4.69) is 17.4 Å². The van der Waals surface area contributed by atoms with Crippen molar-refractivity contribution in [2.45, 2.75) is 44.0 Å². The summed E-state index contributed by atoms with van der Waals surface area (Å²) in [5.41, 5.74) is 4.90. The zero-order chi connectivity index (χ0) is 24.3. The number of hydrogen-bond donors (Lipinski definition) is 1. The minimum atomic E-state index is -4.01. The summed E-state index contributed by atoms with van der Waals surface area (Å²) in [5.74, 6) is -0.0133. The van der Waals surface area contributed by atoms with E-state index in [0.717, 1.165) is 34.7 Å². The van der Waals surface area contributed by atoms with Gasteiger partial charge in [0.15, 0.2) is 0 Å². The van der Waals surface area contributed by atoms with Crippen molar-refractivity contribution in [2.24, 2.45) is 0 Å². The number of nitrogens with zero attached hydrogens (tertiary/aromatic N) is 1. The topological polar surface area (TPSA) is 75.7 Å². The van der Waals surface area contributed by atoms with Gasteiger partial charge in [0.2, 0.25) is 5.91 Å². The molecule has 1 aliphatic carbocycles. The molecule has 0 fully saturated rings. The molecule has 0 aromatic heterocycles. The van der Waals surface area contributed by atoms with Gasteiger partial charge in [0, 0.05) is 0 Å². The molecule has 0 spiro atoms. The number of amides is 1. The number of carbonyl (C=O) groups excluding carboxylic acids is 1. The highest BCUT2D eigenvalue weighted by atomic mass is 32.2. The van der Waals surface area contributed by atoms with Gasteiger partial charge in [-0.05, 0) is 79.6 Å². The van der Waals surface area contributed by atoms with E-state index in [1.54, 1.807) is 30.3 Å². The van der Waals surface area contributed by atoms with Crippen LogP contribution in [-0.4, -0.2) is 28.0 Å². The predicted octanol–water partition coefficient (Wildman–Crippen LogP) is 4.57. The Bertz CT molecular complexity index is 1290. The lowest BCUT2D eigenvalue weighted by atomic mass is 10.0. The summed E-state index contributed by atoms with van der Waals surface area (Å²) in [5, 5.41) is 2.98. The van der Waals surface area contributed by atoms with E-state index in [9.17, 15) is 13.2 Å². The van der Waals surface area contributed by atoms with Crippen LogP contribution in [-0.2, 0) is 27.7 Å². The zero-order valence-electron chi connectivity index (χ0n) is 19.7. The summed E-state index contributed by atoms with van der Waals surface area (Å²) >= 11 is 0. The number of benzene rings is 3. The molecule has 3 aromatic carbocycles. The van der Waals surface area contributed by atoms with Crippen LogP contribution in [0.4, 0.5) is 5.69 Å². The van der Waals surface area contributed by atoms with Gasteiger partial charge in [0.05, 0.1) is 23.7 Å². The van der Waals surface area contributed by atoms with Crippen molar-refractivity contribution < 1.29 is 17.9 Å². The number of methoxy groups -OCH3 is 1. The first kappa shape index (κ1) is 23.8. The zero-order valence-corrected chi connectivity index (χ0v) is 20.6. The van der Waals surface area contributed by atoms with E-state index >= 15 is 0 Å². The molecule has 4 rings (SSSR count). The highest BCUT2D eigenvalue weighted by molar-refractivity contribution is 7.92. The van der Waals surface area contributed by atoms with Gasteiger partial charge in [-0.1, -0.05) is 42.5 Å². The van der Waals surface area contributed by atoms with Gasteiger partial charge >= 0.3 is 0 Å². The van der Waals surface area contributed by atoms with Crippen LogP contribution in [0.5, 0.6) is 5.75 Å². The molecule has 34 heavy (non-hydrogen) atoms. The Kier molecular flexibility index (Phi) is 6.93. The molecule has 1 amide bonds. The van der Waals surface area contributed by atoms with Crippen molar-refractivity contribution in [1.29, 1.82) is 0 Å². The van der Waals surface area contributed by atoms with E-state index in [4.69, 9.17) is 4.74 Å². The molecule has 1 atom stereocenters. The summed E-state index contributed by atoms with van der Waals surface area (Å²) < 4.78 is 33.8. The number of carbonyl (C=O) groups is 1. The minimum absolute atomic E-state index is 0.109. The first-order valence-electron chi connectivity index (χ1n) is 11.4. The fourth-order valence-corrected chi connectivity index (χ4v) is 5.82. The standard InChI is InChI=1S/C27H30N2O4S/c1-19-12-15-26(33-3)25(16-19)29(34(31,32)24-10-5-4-6-11-24)18-27(30)28-20(2)22-14-13-21-8-7-9-23(21)17-22/h4-6,10-17,20H,7-9,18H2,1-3H3,(H,28,30). The number of nitrogens with one attached hydrogen (secondary N) is 1. The SMILES string of the molecule is COc1ccc(C)cc1N(CC(=O)NC(C)c1ccc2c(c1)CCC2)S(=O)(=O)c1ccccc1. The molecule has 1 unspecified atom stereocenters. The Hall–Kier alpha value is -3.32. The number of aryl methyl sites for hydroxylation is 3. The van der Waals surface area contributed by atoms with E-state index in [0.29, 0.717) is 11.4 Å². The third-order valence-corrected chi connectivity index (χ3v) is 8.00. The quantitative estimate of drug-likeness (QED) is 0.515. The molecule has 0 saturated heterocycles. The Morgan fingerprint density at radius 2 is 1.76 bits per heavy atom. The second-order valence-electron chi connectivity index (χ2n) is 8.67. The molecule has 0 saturated carbocycles. The first-order valence-corrected chi connectivity index (χ1v) is 12.9. The third kappa shape index (κ3) is 4.94. The monoisotopic (exact) mass is 478 g/mol. The summed E-state index contributed by atoms with van der Waals surface area (Å²) in [7, 11) is -2.53.